The lowest BCUT2D eigenvalue weighted by Crippen LogP contribution is -2.11. The summed E-state index contributed by atoms with van der Waals surface area (Å²) >= 11 is 0. The topological polar surface area (TPSA) is 37.3 Å². The van der Waals surface area contributed by atoms with Crippen molar-refractivity contribution in [3.8, 4) is 0 Å². The van der Waals surface area contributed by atoms with E-state index in [4.69, 9.17) is 5.11 Å². The molecule has 3 heteroatoms. The number of rotatable bonds is 5. The molecule has 0 heterocycles. The quantitative estimate of drug-likeness (QED) is 0.707. The van der Waals surface area contributed by atoms with Crippen molar-refractivity contribution in [3.05, 3.63) is 0 Å². The third-order valence-corrected chi connectivity index (χ3v) is 1.75. The molecule has 0 saturated heterocycles. The first-order valence-corrected chi connectivity index (χ1v) is 3.95. The maximum Gasteiger partial charge on any atom is 0.306 e. The zero-order chi connectivity index (χ0) is 7.98. The summed E-state index contributed by atoms with van der Waals surface area (Å²) in [5.41, 5.74) is 0. The van der Waals surface area contributed by atoms with Crippen LogP contribution in [0.4, 0.5) is 0 Å². The molecule has 0 spiro atoms. The monoisotopic (exact) mass is 180 g/mol. The molecule has 1 unspecified atom stereocenters. The zero-order valence-corrected chi connectivity index (χ0v) is 7.99. The fourth-order valence-electron chi connectivity index (χ4n) is 0.953. The number of carbonyl (C=O) groups is 1. The smallest absolute Gasteiger partial charge is 0.306 e. The van der Waals surface area contributed by atoms with Crippen LogP contribution in [0.5, 0.6) is 0 Å². The van der Waals surface area contributed by atoms with E-state index in [0.29, 0.717) is 0 Å². The lowest BCUT2D eigenvalue weighted by Gasteiger charge is -2.06. The Morgan fingerprint density at radius 2 is 2.00 bits per heavy atom. The molecule has 0 amide bonds. The Hall–Kier alpha value is -0.240. The van der Waals surface area contributed by atoms with Gasteiger partial charge in [0.1, 0.15) is 0 Å². The highest BCUT2D eigenvalue weighted by atomic mass is 35.5. The van der Waals surface area contributed by atoms with E-state index >= 15 is 0 Å². The molecule has 0 fully saturated rings. The molecule has 1 atom stereocenters. The summed E-state index contributed by atoms with van der Waals surface area (Å²) < 4.78 is 0. The fraction of sp³-hybridized carbons (Fsp3) is 0.875. The van der Waals surface area contributed by atoms with Crippen LogP contribution in [0, 0.1) is 5.92 Å². The Morgan fingerprint density at radius 3 is 2.27 bits per heavy atom. The third-order valence-electron chi connectivity index (χ3n) is 1.75. The molecule has 2 nitrogen and oxygen atoms in total. The summed E-state index contributed by atoms with van der Waals surface area (Å²) in [6.45, 7) is 4.00. The lowest BCUT2D eigenvalue weighted by atomic mass is 10.00. The molecule has 0 aromatic heterocycles. The Kier molecular flexibility index (Phi) is 9.55. The number of carboxylic acid groups (broad SMARTS) is 1. The molecule has 1 N–H and O–H groups in total. The van der Waals surface area contributed by atoms with Crippen LogP contribution < -0.4 is 0 Å². The minimum absolute atomic E-state index is 0. The van der Waals surface area contributed by atoms with Gasteiger partial charge in [0.25, 0.3) is 0 Å². The van der Waals surface area contributed by atoms with Gasteiger partial charge in [0.15, 0.2) is 0 Å². The minimum Gasteiger partial charge on any atom is -0.481 e. The number of carboxylic acids is 1. The number of hydrogen-bond donors (Lipinski definition) is 1. The fourth-order valence-corrected chi connectivity index (χ4v) is 0.953. The van der Waals surface area contributed by atoms with Crippen LogP contribution in [0.3, 0.4) is 0 Å². The van der Waals surface area contributed by atoms with E-state index in [-0.39, 0.29) is 18.3 Å². The van der Waals surface area contributed by atoms with Gasteiger partial charge in [0.2, 0.25) is 0 Å². The summed E-state index contributed by atoms with van der Waals surface area (Å²) in [5.74, 6) is -0.754. The molecule has 0 aromatic rings. The number of unbranched alkanes of at least 4 members (excludes halogenated alkanes) is 1. The molecule has 11 heavy (non-hydrogen) atoms. The van der Waals surface area contributed by atoms with Gasteiger partial charge in [-0.2, -0.15) is 0 Å². The van der Waals surface area contributed by atoms with Crippen molar-refractivity contribution in [1.29, 1.82) is 0 Å². The average Bonchev–Trinajstić information content (AvgIpc) is 1.89. The van der Waals surface area contributed by atoms with Gasteiger partial charge < -0.3 is 5.11 Å². The minimum atomic E-state index is -0.643. The van der Waals surface area contributed by atoms with Gasteiger partial charge in [-0.15, -0.1) is 12.4 Å². The van der Waals surface area contributed by atoms with Crippen LogP contribution in [0.25, 0.3) is 0 Å². The highest BCUT2D eigenvalue weighted by Crippen LogP contribution is 2.11. The highest BCUT2D eigenvalue weighted by Gasteiger charge is 2.12. The van der Waals surface area contributed by atoms with E-state index in [9.17, 15) is 4.79 Å². The van der Waals surface area contributed by atoms with Gasteiger partial charge in [-0.05, 0) is 12.8 Å². The van der Waals surface area contributed by atoms with Crippen molar-refractivity contribution >= 4 is 18.4 Å². The summed E-state index contributed by atoms with van der Waals surface area (Å²) in [6.07, 6.45) is 3.71. The Morgan fingerprint density at radius 1 is 1.45 bits per heavy atom. The van der Waals surface area contributed by atoms with Crippen molar-refractivity contribution in [2.24, 2.45) is 5.92 Å². The van der Waals surface area contributed by atoms with E-state index < -0.39 is 5.97 Å². The van der Waals surface area contributed by atoms with E-state index in [0.717, 1.165) is 25.7 Å². The third kappa shape index (κ3) is 6.17. The van der Waals surface area contributed by atoms with Crippen LogP contribution in [-0.2, 0) is 4.79 Å². The first kappa shape index (κ1) is 13.4. The van der Waals surface area contributed by atoms with Crippen LogP contribution >= 0.6 is 12.4 Å². The Bertz CT molecular complexity index is 104. The second-order valence-electron chi connectivity index (χ2n) is 2.59. The SMILES string of the molecule is CCCCC(CC)C(=O)O.Cl. The van der Waals surface area contributed by atoms with E-state index in [1.807, 2.05) is 6.92 Å². The van der Waals surface area contributed by atoms with Crippen LogP contribution in [0.1, 0.15) is 39.5 Å². The second-order valence-corrected chi connectivity index (χ2v) is 2.59. The number of aliphatic carboxylic acids is 1. The summed E-state index contributed by atoms with van der Waals surface area (Å²) in [4.78, 5) is 10.4. The summed E-state index contributed by atoms with van der Waals surface area (Å²) in [5, 5.41) is 8.60. The summed E-state index contributed by atoms with van der Waals surface area (Å²) in [7, 11) is 0. The maximum absolute atomic E-state index is 10.4. The molecular weight excluding hydrogens is 164 g/mol. The Labute approximate surface area is 74.4 Å². The predicted molar refractivity (Wildman–Crippen MR) is 48.2 cm³/mol. The number of hydrogen-bond acceptors (Lipinski definition) is 1. The Balaban J connectivity index is 0. The van der Waals surface area contributed by atoms with Crippen molar-refractivity contribution in [2.75, 3.05) is 0 Å². The molecule has 0 rings (SSSR count). The van der Waals surface area contributed by atoms with Gasteiger partial charge in [-0.25, -0.2) is 0 Å². The molecule has 0 bridgehead atoms. The largest absolute Gasteiger partial charge is 0.481 e. The van der Waals surface area contributed by atoms with Gasteiger partial charge in [0.05, 0.1) is 5.92 Å². The molecule has 0 aromatic carbocycles. The predicted octanol–water partition coefficient (Wildman–Crippen LogP) is 2.71. The van der Waals surface area contributed by atoms with Crippen molar-refractivity contribution < 1.29 is 9.90 Å². The zero-order valence-electron chi connectivity index (χ0n) is 7.17. The molecular formula is C8H17ClO2. The molecule has 68 valence electrons. The van der Waals surface area contributed by atoms with Gasteiger partial charge in [-0.1, -0.05) is 26.7 Å². The lowest BCUT2D eigenvalue weighted by molar-refractivity contribution is -0.142. The van der Waals surface area contributed by atoms with Crippen LogP contribution in [-0.4, -0.2) is 11.1 Å². The summed E-state index contributed by atoms with van der Waals surface area (Å²) in [6, 6.07) is 0. The van der Waals surface area contributed by atoms with Gasteiger partial charge in [0, 0.05) is 0 Å². The molecule has 0 saturated carbocycles. The normalized spacial score (nSPS) is 11.8. The van der Waals surface area contributed by atoms with Crippen molar-refractivity contribution in [3.63, 3.8) is 0 Å². The second kappa shape index (κ2) is 7.86. The molecule has 0 radical (unpaired) electrons. The molecule has 0 aliphatic carbocycles. The van der Waals surface area contributed by atoms with E-state index in [1.165, 1.54) is 0 Å². The van der Waals surface area contributed by atoms with Crippen LogP contribution in [0.2, 0.25) is 0 Å². The maximum atomic E-state index is 10.4. The molecule has 0 aliphatic rings. The number of halogens is 1. The van der Waals surface area contributed by atoms with E-state index in [2.05, 4.69) is 6.92 Å². The van der Waals surface area contributed by atoms with E-state index in [1.54, 1.807) is 0 Å². The standard InChI is InChI=1S/C8H16O2.ClH/c1-3-5-6-7(4-2)8(9)10;/h7H,3-6H2,1-2H3,(H,9,10);1H. The van der Waals surface area contributed by atoms with Crippen molar-refractivity contribution in [1.82, 2.24) is 0 Å². The first-order chi connectivity index (χ1) is 4.72. The molecule has 0 aliphatic heterocycles. The van der Waals surface area contributed by atoms with Gasteiger partial charge in [-0.3, -0.25) is 4.79 Å². The van der Waals surface area contributed by atoms with Crippen LogP contribution in [0.15, 0.2) is 0 Å². The van der Waals surface area contributed by atoms with Gasteiger partial charge >= 0.3 is 5.97 Å². The highest BCUT2D eigenvalue weighted by molar-refractivity contribution is 5.85. The first-order valence-electron chi connectivity index (χ1n) is 3.95. The van der Waals surface area contributed by atoms with Crippen molar-refractivity contribution in [2.45, 2.75) is 39.5 Å². The average molecular weight is 181 g/mol.